The largest absolute Gasteiger partial charge is 0.486 e. The zero-order valence-electron chi connectivity index (χ0n) is 10.7. The fraction of sp³-hybridized carbons (Fsp3) is 0.769. The van der Waals surface area contributed by atoms with E-state index in [0.29, 0.717) is 17.2 Å². The summed E-state index contributed by atoms with van der Waals surface area (Å²) in [5.41, 5.74) is 0. The molecule has 1 heterocycles. The number of rotatable bonds is 4. The Balaban J connectivity index is 1.98. The zero-order chi connectivity index (χ0) is 12.3. The number of halogens is 1. The fourth-order valence-electron chi connectivity index (χ4n) is 2.27. The molecule has 1 aromatic heterocycles. The van der Waals surface area contributed by atoms with Crippen LogP contribution in [0.5, 0.6) is 5.75 Å². The first-order valence-corrected chi connectivity index (χ1v) is 6.92. The maximum absolute atomic E-state index is 6.26. The predicted octanol–water partition coefficient (Wildman–Crippen LogP) is 3.90. The van der Waals surface area contributed by atoms with E-state index in [-0.39, 0.29) is 0 Å². The highest BCUT2D eigenvalue weighted by Gasteiger charge is 2.18. The molecule has 1 saturated carbocycles. The highest BCUT2D eigenvalue weighted by Crippen LogP contribution is 2.29. The van der Waals surface area contributed by atoms with Gasteiger partial charge in [-0.25, -0.2) is 0 Å². The molecule has 17 heavy (non-hydrogen) atoms. The van der Waals surface area contributed by atoms with Crippen LogP contribution in [0.4, 0.5) is 0 Å². The van der Waals surface area contributed by atoms with Crippen molar-refractivity contribution in [2.45, 2.75) is 58.6 Å². The molecule has 4 heteroatoms. The molecule has 2 rings (SSSR count). The van der Waals surface area contributed by atoms with Gasteiger partial charge in [0.2, 0.25) is 0 Å². The van der Waals surface area contributed by atoms with Crippen LogP contribution < -0.4 is 4.74 Å². The number of nitrogens with zero attached hydrogens (tertiary/aromatic N) is 2. The van der Waals surface area contributed by atoms with Crippen LogP contribution in [-0.2, 0) is 6.54 Å². The lowest BCUT2D eigenvalue weighted by Gasteiger charge is -2.22. The van der Waals surface area contributed by atoms with Gasteiger partial charge in [0, 0.05) is 6.54 Å². The molecule has 0 aliphatic heterocycles. The van der Waals surface area contributed by atoms with Crippen LogP contribution in [0.15, 0.2) is 6.20 Å². The van der Waals surface area contributed by atoms with Gasteiger partial charge >= 0.3 is 0 Å². The summed E-state index contributed by atoms with van der Waals surface area (Å²) in [6, 6.07) is 0. The van der Waals surface area contributed by atoms with Crippen LogP contribution in [0, 0.1) is 5.92 Å². The van der Waals surface area contributed by atoms with Gasteiger partial charge in [-0.05, 0) is 31.6 Å². The van der Waals surface area contributed by atoms with Crippen LogP contribution >= 0.6 is 11.6 Å². The molecule has 0 N–H and O–H groups in total. The van der Waals surface area contributed by atoms with Crippen LogP contribution in [-0.4, -0.2) is 15.9 Å². The molecule has 0 spiro atoms. The normalized spacial score (nSPS) is 17.6. The van der Waals surface area contributed by atoms with E-state index in [1.165, 1.54) is 19.3 Å². The Morgan fingerprint density at radius 1 is 1.41 bits per heavy atom. The number of hydrogen-bond donors (Lipinski definition) is 0. The lowest BCUT2D eigenvalue weighted by molar-refractivity contribution is 0.155. The van der Waals surface area contributed by atoms with Crippen LogP contribution in [0.1, 0.15) is 46.0 Å². The molecule has 0 saturated heterocycles. The molecule has 0 radical (unpaired) electrons. The molecular weight excluding hydrogens is 236 g/mol. The molecule has 0 atom stereocenters. The second-order valence-electron chi connectivity index (χ2n) is 5.25. The number of ether oxygens (including phenoxy) is 1. The van der Waals surface area contributed by atoms with Crippen molar-refractivity contribution in [1.29, 1.82) is 0 Å². The maximum Gasteiger partial charge on any atom is 0.176 e. The van der Waals surface area contributed by atoms with Crippen LogP contribution in [0.25, 0.3) is 0 Å². The summed E-state index contributed by atoms with van der Waals surface area (Å²) >= 11 is 6.26. The van der Waals surface area contributed by atoms with Crippen molar-refractivity contribution in [3.8, 4) is 5.75 Å². The monoisotopic (exact) mass is 256 g/mol. The Kier molecular flexibility index (Phi) is 4.32. The van der Waals surface area contributed by atoms with E-state index < -0.39 is 0 Å². The average molecular weight is 257 g/mol. The number of aromatic nitrogens is 2. The van der Waals surface area contributed by atoms with Crippen molar-refractivity contribution < 1.29 is 4.74 Å². The van der Waals surface area contributed by atoms with Gasteiger partial charge < -0.3 is 4.74 Å². The van der Waals surface area contributed by atoms with Crippen molar-refractivity contribution in [3.05, 3.63) is 11.3 Å². The van der Waals surface area contributed by atoms with Crippen molar-refractivity contribution in [1.82, 2.24) is 9.78 Å². The van der Waals surface area contributed by atoms with Crippen molar-refractivity contribution in [2.75, 3.05) is 0 Å². The molecule has 1 fully saturated rings. The molecule has 0 unspecified atom stereocenters. The van der Waals surface area contributed by atoms with E-state index in [0.717, 1.165) is 25.1 Å². The van der Waals surface area contributed by atoms with Gasteiger partial charge in [-0.15, -0.1) is 0 Å². The van der Waals surface area contributed by atoms with Gasteiger partial charge in [-0.1, -0.05) is 31.9 Å². The second-order valence-corrected chi connectivity index (χ2v) is 5.61. The predicted molar refractivity (Wildman–Crippen MR) is 69.6 cm³/mol. The first-order chi connectivity index (χ1) is 8.16. The third-order valence-electron chi connectivity index (χ3n) is 3.13. The quantitative estimate of drug-likeness (QED) is 0.817. The summed E-state index contributed by atoms with van der Waals surface area (Å²) < 4.78 is 7.76. The van der Waals surface area contributed by atoms with E-state index in [1.807, 2.05) is 4.68 Å². The van der Waals surface area contributed by atoms with E-state index >= 15 is 0 Å². The van der Waals surface area contributed by atoms with E-state index in [9.17, 15) is 0 Å². The summed E-state index contributed by atoms with van der Waals surface area (Å²) in [6.45, 7) is 5.15. The summed E-state index contributed by atoms with van der Waals surface area (Å²) in [4.78, 5) is 0. The highest BCUT2D eigenvalue weighted by molar-refractivity contribution is 6.31. The average Bonchev–Trinajstić information content (AvgIpc) is 2.62. The smallest absolute Gasteiger partial charge is 0.176 e. The minimum absolute atomic E-state index is 0.331. The minimum atomic E-state index is 0.331. The topological polar surface area (TPSA) is 27.1 Å². The molecule has 1 aliphatic carbocycles. The Morgan fingerprint density at radius 3 is 2.76 bits per heavy atom. The van der Waals surface area contributed by atoms with Gasteiger partial charge in [-0.2, -0.15) is 5.10 Å². The summed E-state index contributed by atoms with van der Waals surface area (Å²) in [6.07, 6.45) is 8.24. The SMILES string of the molecule is CC(C)Cn1ncc(OC2CCCCC2)c1Cl. The van der Waals surface area contributed by atoms with Crippen molar-refractivity contribution >= 4 is 11.6 Å². The summed E-state index contributed by atoms with van der Waals surface area (Å²) in [5.74, 6) is 1.29. The molecule has 3 nitrogen and oxygen atoms in total. The molecule has 0 amide bonds. The number of hydrogen-bond acceptors (Lipinski definition) is 2. The summed E-state index contributed by atoms with van der Waals surface area (Å²) in [5, 5.41) is 4.92. The summed E-state index contributed by atoms with van der Waals surface area (Å²) in [7, 11) is 0. The highest BCUT2D eigenvalue weighted by atomic mass is 35.5. The third-order valence-corrected chi connectivity index (χ3v) is 3.51. The van der Waals surface area contributed by atoms with E-state index in [2.05, 4.69) is 18.9 Å². The molecule has 0 aromatic carbocycles. The lowest BCUT2D eigenvalue weighted by Crippen LogP contribution is -2.19. The minimum Gasteiger partial charge on any atom is -0.486 e. The molecule has 0 bridgehead atoms. The molecule has 96 valence electrons. The molecular formula is C13H21ClN2O. The fourth-order valence-corrected chi connectivity index (χ4v) is 2.47. The standard InChI is InChI=1S/C13H21ClN2O/c1-10(2)9-16-13(14)12(8-15-16)17-11-6-4-3-5-7-11/h8,10-11H,3-7,9H2,1-2H3. The second kappa shape index (κ2) is 5.76. The Labute approximate surface area is 108 Å². The van der Waals surface area contributed by atoms with Crippen molar-refractivity contribution in [3.63, 3.8) is 0 Å². The molecule has 1 aromatic rings. The first-order valence-electron chi connectivity index (χ1n) is 6.54. The first kappa shape index (κ1) is 12.7. The van der Waals surface area contributed by atoms with Crippen LogP contribution in [0.3, 0.4) is 0 Å². The van der Waals surface area contributed by atoms with Gasteiger partial charge in [0.15, 0.2) is 10.9 Å². The Bertz CT molecular complexity index is 356. The zero-order valence-corrected chi connectivity index (χ0v) is 11.4. The van der Waals surface area contributed by atoms with E-state index in [1.54, 1.807) is 6.20 Å². The van der Waals surface area contributed by atoms with Gasteiger partial charge in [0.05, 0.1) is 12.3 Å². The Hall–Kier alpha value is -0.700. The maximum atomic E-state index is 6.26. The molecule has 1 aliphatic rings. The van der Waals surface area contributed by atoms with Gasteiger partial charge in [0.25, 0.3) is 0 Å². The van der Waals surface area contributed by atoms with Gasteiger partial charge in [0.1, 0.15) is 0 Å². The van der Waals surface area contributed by atoms with Crippen LogP contribution in [0.2, 0.25) is 5.15 Å². The van der Waals surface area contributed by atoms with Gasteiger partial charge in [-0.3, -0.25) is 4.68 Å². The van der Waals surface area contributed by atoms with E-state index in [4.69, 9.17) is 16.3 Å². The van der Waals surface area contributed by atoms with Crippen molar-refractivity contribution in [2.24, 2.45) is 5.92 Å². The third kappa shape index (κ3) is 3.38. The Morgan fingerprint density at radius 2 is 2.12 bits per heavy atom. The lowest BCUT2D eigenvalue weighted by atomic mass is 9.98.